The summed E-state index contributed by atoms with van der Waals surface area (Å²) >= 11 is 0. The Bertz CT molecular complexity index is 925. The average Bonchev–Trinajstić information content (AvgIpc) is 2.60. The van der Waals surface area contributed by atoms with Gasteiger partial charge in [-0.1, -0.05) is 0 Å². The van der Waals surface area contributed by atoms with Gasteiger partial charge in [0.2, 0.25) is 10.0 Å². The Balaban J connectivity index is 1.44. The smallest absolute Gasteiger partial charge is 0.267 e. The second-order valence-corrected chi connectivity index (χ2v) is 10.1. The highest BCUT2D eigenvalue weighted by molar-refractivity contribution is 7.89. The number of nitrogens with one attached hydrogen (secondary N) is 2. The van der Waals surface area contributed by atoms with Crippen LogP contribution < -0.4 is 15.8 Å². The summed E-state index contributed by atoms with van der Waals surface area (Å²) in [5.74, 6) is 1.78. The van der Waals surface area contributed by atoms with Crippen LogP contribution in [0.5, 0.6) is 0 Å². The van der Waals surface area contributed by atoms with E-state index in [4.69, 9.17) is 5.14 Å². The van der Waals surface area contributed by atoms with Crippen LogP contribution in [0.2, 0.25) is 0 Å². The second-order valence-electron chi connectivity index (χ2n) is 8.54. The Morgan fingerprint density at radius 1 is 1.11 bits per heavy atom. The lowest BCUT2D eigenvalue weighted by atomic mass is 9.53. The minimum Gasteiger partial charge on any atom is -0.384 e. The predicted octanol–water partition coefficient (Wildman–Crippen LogP) is 2.24. The van der Waals surface area contributed by atoms with Gasteiger partial charge in [0.25, 0.3) is 5.91 Å². The second kappa shape index (κ2) is 6.90. The van der Waals surface area contributed by atoms with Crippen molar-refractivity contribution in [2.75, 3.05) is 5.32 Å². The number of carbonyl (C=O) groups is 1. The first-order valence-corrected chi connectivity index (χ1v) is 11.1. The summed E-state index contributed by atoms with van der Waals surface area (Å²) in [5, 5.41) is 20.5. The lowest BCUT2D eigenvalue weighted by Crippen LogP contribution is -2.57. The molecule has 0 radical (unpaired) electrons. The highest BCUT2D eigenvalue weighted by Crippen LogP contribution is 2.55. The van der Waals surface area contributed by atoms with E-state index in [0.717, 1.165) is 37.0 Å². The van der Waals surface area contributed by atoms with Crippen molar-refractivity contribution in [1.29, 1.82) is 5.26 Å². The van der Waals surface area contributed by atoms with E-state index in [1.807, 2.05) is 6.07 Å². The fraction of sp³-hybridized carbons (Fsp3) is 0.500. The minimum atomic E-state index is -3.79. The maximum absolute atomic E-state index is 12.5. The fourth-order valence-corrected chi connectivity index (χ4v) is 6.10. The van der Waals surface area contributed by atoms with Crippen molar-refractivity contribution >= 4 is 21.6 Å². The largest absolute Gasteiger partial charge is 0.384 e. The van der Waals surface area contributed by atoms with E-state index >= 15 is 0 Å². The maximum atomic E-state index is 12.5. The maximum Gasteiger partial charge on any atom is 0.267 e. The van der Waals surface area contributed by atoms with Crippen LogP contribution in [0.15, 0.2) is 40.9 Å². The van der Waals surface area contributed by atoms with Crippen molar-refractivity contribution < 1.29 is 13.2 Å². The van der Waals surface area contributed by atoms with Crippen LogP contribution >= 0.6 is 0 Å². The number of nitrogens with two attached hydrogens (primary N) is 1. The molecule has 1 amide bonds. The minimum absolute atomic E-state index is 0.00580. The van der Waals surface area contributed by atoms with Gasteiger partial charge in [-0.3, -0.25) is 4.79 Å². The molecule has 28 heavy (non-hydrogen) atoms. The van der Waals surface area contributed by atoms with Gasteiger partial charge in [0.1, 0.15) is 11.6 Å². The van der Waals surface area contributed by atoms with Crippen molar-refractivity contribution in [2.45, 2.75) is 49.0 Å². The normalized spacial score (nSPS) is 31.3. The van der Waals surface area contributed by atoms with Crippen LogP contribution in [-0.4, -0.2) is 19.9 Å². The van der Waals surface area contributed by atoms with E-state index in [1.54, 1.807) is 6.20 Å². The van der Waals surface area contributed by atoms with Crippen molar-refractivity contribution in [3.63, 3.8) is 0 Å². The number of hydrogen-bond donors (Lipinski definition) is 3. The summed E-state index contributed by atoms with van der Waals surface area (Å²) in [6.07, 6.45) is 8.88. The molecule has 4 fully saturated rings. The first-order valence-electron chi connectivity index (χ1n) is 9.58. The first kappa shape index (κ1) is 19.0. The SMILES string of the molecule is N#C/C(=C/NC12CC3CC(CC(C3)C1)C2)C(=O)Nc1ccc(S(N)(=O)=O)cc1. The van der Waals surface area contributed by atoms with Gasteiger partial charge >= 0.3 is 0 Å². The monoisotopic (exact) mass is 400 g/mol. The molecule has 0 heterocycles. The molecule has 0 aliphatic heterocycles. The van der Waals surface area contributed by atoms with Crippen molar-refractivity contribution in [1.82, 2.24) is 5.32 Å². The summed E-state index contributed by atoms with van der Waals surface area (Å²) < 4.78 is 22.6. The summed E-state index contributed by atoms with van der Waals surface area (Å²) in [6.45, 7) is 0. The van der Waals surface area contributed by atoms with E-state index in [2.05, 4.69) is 10.6 Å². The summed E-state index contributed by atoms with van der Waals surface area (Å²) in [5.41, 5.74) is 0.425. The lowest BCUT2D eigenvalue weighted by Gasteiger charge is -2.56. The lowest BCUT2D eigenvalue weighted by molar-refractivity contribution is -0.112. The predicted molar refractivity (Wildman–Crippen MR) is 104 cm³/mol. The number of nitriles is 1. The van der Waals surface area contributed by atoms with Gasteiger partial charge in [0.15, 0.2) is 0 Å². The molecule has 148 valence electrons. The molecular formula is C20H24N4O3S. The molecule has 0 unspecified atom stereocenters. The van der Waals surface area contributed by atoms with E-state index in [9.17, 15) is 18.5 Å². The third kappa shape index (κ3) is 3.77. The van der Waals surface area contributed by atoms with E-state index < -0.39 is 15.9 Å². The molecule has 5 rings (SSSR count). The molecule has 1 aromatic rings. The summed E-state index contributed by atoms with van der Waals surface area (Å²) in [4.78, 5) is 12.4. The number of carbonyl (C=O) groups excluding carboxylic acids is 1. The quantitative estimate of drug-likeness (QED) is 0.516. The number of benzene rings is 1. The summed E-state index contributed by atoms with van der Waals surface area (Å²) in [7, 11) is -3.79. The van der Waals surface area contributed by atoms with E-state index in [1.165, 1.54) is 43.5 Å². The van der Waals surface area contributed by atoms with Gasteiger partial charge in [-0.15, -0.1) is 0 Å². The molecule has 4 bridgehead atoms. The molecule has 0 atom stereocenters. The standard InChI is InChI=1S/C20H24N4O3S/c21-11-16(19(25)24-17-1-3-18(4-2-17)28(22,26)27)12-23-20-8-13-5-14(9-20)7-15(6-13)10-20/h1-4,12-15,23H,5-10H2,(H,24,25)(H2,22,26,27)/b16-12-. The van der Waals surface area contributed by atoms with Crippen molar-refractivity contribution in [3.05, 3.63) is 36.0 Å². The zero-order valence-electron chi connectivity index (χ0n) is 15.5. The number of anilines is 1. The zero-order chi connectivity index (χ0) is 19.9. The molecule has 4 aliphatic carbocycles. The topological polar surface area (TPSA) is 125 Å². The van der Waals surface area contributed by atoms with Gasteiger partial charge < -0.3 is 10.6 Å². The third-order valence-electron chi connectivity index (χ3n) is 6.37. The molecule has 7 nitrogen and oxygen atoms in total. The molecule has 4 saturated carbocycles. The third-order valence-corrected chi connectivity index (χ3v) is 7.30. The molecule has 4 N–H and O–H groups in total. The van der Waals surface area contributed by atoms with Gasteiger partial charge in [-0.05, 0) is 80.5 Å². The number of primary sulfonamides is 1. The van der Waals surface area contributed by atoms with E-state index in [0.29, 0.717) is 5.69 Å². The highest BCUT2D eigenvalue weighted by Gasteiger charge is 2.50. The molecule has 8 heteroatoms. The molecule has 0 saturated heterocycles. The number of amides is 1. The van der Waals surface area contributed by atoms with Gasteiger partial charge in [-0.25, -0.2) is 13.6 Å². The number of nitrogens with zero attached hydrogens (tertiary/aromatic N) is 1. The van der Waals surface area contributed by atoms with Gasteiger partial charge in [-0.2, -0.15) is 5.26 Å². The van der Waals surface area contributed by atoms with E-state index in [-0.39, 0.29) is 16.0 Å². The van der Waals surface area contributed by atoms with Crippen LogP contribution in [-0.2, 0) is 14.8 Å². The van der Waals surface area contributed by atoms with Crippen LogP contribution in [0, 0.1) is 29.1 Å². The molecule has 4 aliphatic rings. The zero-order valence-corrected chi connectivity index (χ0v) is 16.3. The van der Waals surface area contributed by atoms with Crippen LogP contribution in [0.4, 0.5) is 5.69 Å². The first-order chi connectivity index (χ1) is 13.3. The van der Waals surface area contributed by atoms with Crippen LogP contribution in [0.1, 0.15) is 38.5 Å². The van der Waals surface area contributed by atoms with Crippen molar-refractivity contribution in [2.24, 2.45) is 22.9 Å². The molecule has 0 aromatic heterocycles. The summed E-state index contributed by atoms with van der Waals surface area (Å²) in [6, 6.07) is 7.48. The molecule has 1 aromatic carbocycles. The Kier molecular flexibility index (Phi) is 4.68. The number of rotatable bonds is 5. The van der Waals surface area contributed by atoms with Gasteiger partial charge in [0.05, 0.1) is 4.90 Å². The average molecular weight is 401 g/mol. The number of sulfonamides is 1. The van der Waals surface area contributed by atoms with Gasteiger partial charge in [0, 0.05) is 17.4 Å². The van der Waals surface area contributed by atoms with Crippen molar-refractivity contribution in [3.8, 4) is 6.07 Å². The molecule has 0 spiro atoms. The Morgan fingerprint density at radius 2 is 1.64 bits per heavy atom. The van der Waals surface area contributed by atoms with Crippen LogP contribution in [0.3, 0.4) is 0 Å². The Labute approximate surface area is 165 Å². The highest BCUT2D eigenvalue weighted by atomic mass is 32.2. The fourth-order valence-electron chi connectivity index (χ4n) is 5.59. The molecular weight excluding hydrogens is 376 g/mol. The Hall–Kier alpha value is -2.37. The van der Waals surface area contributed by atoms with Crippen LogP contribution in [0.25, 0.3) is 0 Å². The number of hydrogen-bond acceptors (Lipinski definition) is 5. The Morgan fingerprint density at radius 3 is 2.11 bits per heavy atom.